The van der Waals surface area contributed by atoms with Gasteiger partial charge in [0.05, 0.1) is 15.7 Å². The number of nitrogens with one attached hydrogen (secondary N) is 1. The average Bonchev–Trinajstić information content (AvgIpc) is 2.35. The highest BCUT2D eigenvalue weighted by Gasteiger charge is 2.49. The molecule has 1 aromatic rings. The standard InChI is InChI=1S/C13H16F3NO3S/c1-12(2,3)21(20)17-10(13(15,16)11(18)19)8-4-6-9(14)7-5-8/h4-7,10,17H,1-3H3,(H,18,19)/t10-,21-/m1/s1. The van der Waals surface area contributed by atoms with Gasteiger partial charge in [-0.1, -0.05) is 12.1 Å². The van der Waals surface area contributed by atoms with E-state index in [-0.39, 0.29) is 5.56 Å². The van der Waals surface area contributed by atoms with Crippen LogP contribution >= 0.6 is 0 Å². The molecule has 0 spiro atoms. The largest absolute Gasteiger partial charge is 0.477 e. The van der Waals surface area contributed by atoms with E-state index in [4.69, 9.17) is 5.11 Å². The Balaban J connectivity index is 3.21. The predicted octanol–water partition coefficient (Wildman–Crippen LogP) is 2.64. The number of carboxylic acid groups (broad SMARTS) is 1. The van der Waals surface area contributed by atoms with E-state index in [1.165, 1.54) is 0 Å². The first-order valence-corrected chi connectivity index (χ1v) is 7.16. The number of aliphatic carboxylic acids is 1. The molecular weight excluding hydrogens is 307 g/mol. The van der Waals surface area contributed by atoms with E-state index in [1.54, 1.807) is 20.8 Å². The zero-order chi connectivity index (χ0) is 16.4. The number of carbonyl (C=O) groups is 1. The second kappa shape index (κ2) is 6.15. The number of hydrogen-bond acceptors (Lipinski definition) is 2. The van der Waals surface area contributed by atoms with Gasteiger partial charge in [-0.3, -0.25) is 0 Å². The number of alkyl halides is 2. The second-order valence-corrected chi connectivity index (χ2v) is 7.41. The predicted molar refractivity (Wildman–Crippen MR) is 72.8 cm³/mol. The van der Waals surface area contributed by atoms with Crippen molar-refractivity contribution in [2.45, 2.75) is 37.5 Å². The van der Waals surface area contributed by atoms with E-state index in [2.05, 4.69) is 4.72 Å². The molecule has 21 heavy (non-hydrogen) atoms. The fourth-order valence-corrected chi connectivity index (χ4v) is 2.27. The summed E-state index contributed by atoms with van der Waals surface area (Å²) in [6.45, 7) is 4.66. The first kappa shape index (κ1) is 17.6. The molecular formula is C13H16F3NO3S. The van der Waals surface area contributed by atoms with Gasteiger partial charge in [0.1, 0.15) is 11.9 Å². The summed E-state index contributed by atoms with van der Waals surface area (Å²) >= 11 is 0. The van der Waals surface area contributed by atoms with Gasteiger partial charge in [0.25, 0.3) is 0 Å². The van der Waals surface area contributed by atoms with Gasteiger partial charge < -0.3 is 5.11 Å². The van der Waals surface area contributed by atoms with E-state index in [0.717, 1.165) is 24.3 Å². The van der Waals surface area contributed by atoms with Gasteiger partial charge in [0.2, 0.25) is 0 Å². The second-order valence-electron chi connectivity index (χ2n) is 5.41. The molecule has 0 heterocycles. The molecule has 1 rings (SSSR count). The molecule has 4 nitrogen and oxygen atoms in total. The van der Waals surface area contributed by atoms with Crippen molar-refractivity contribution >= 4 is 17.0 Å². The third-order valence-electron chi connectivity index (χ3n) is 2.63. The van der Waals surface area contributed by atoms with Crippen molar-refractivity contribution in [1.82, 2.24) is 4.72 Å². The number of halogens is 3. The minimum Gasteiger partial charge on any atom is -0.477 e. The Morgan fingerprint density at radius 3 is 2.10 bits per heavy atom. The van der Waals surface area contributed by atoms with Crippen molar-refractivity contribution in [3.05, 3.63) is 35.6 Å². The van der Waals surface area contributed by atoms with Crippen molar-refractivity contribution in [3.8, 4) is 0 Å². The van der Waals surface area contributed by atoms with Gasteiger partial charge in [-0.15, -0.1) is 0 Å². The van der Waals surface area contributed by atoms with Crippen LogP contribution in [-0.4, -0.2) is 26.0 Å². The van der Waals surface area contributed by atoms with Crippen LogP contribution in [0, 0.1) is 5.82 Å². The summed E-state index contributed by atoms with van der Waals surface area (Å²) in [4.78, 5) is 10.8. The Labute approximate surface area is 122 Å². The van der Waals surface area contributed by atoms with Crippen LogP contribution in [0.2, 0.25) is 0 Å². The summed E-state index contributed by atoms with van der Waals surface area (Å²) in [6.07, 6.45) is 0. The number of benzene rings is 1. The lowest BCUT2D eigenvalue weighted by Gasteiger charge is -2.28. The molecule has 2 N–H and O–H groups in total. The molecule has 0 aliphatic heterocycles. The summed E-state index contributed by atoms with van der Waals surface area (Å²) in [6, 6.07) is 1.90. The Hall–Kier alpha value is -1.41. The van der Waals surface area contributed by atoms with Gasteiger partial charge in [-0.25, -0.2) is 18.1 Å². The molecule has 1 aromatic carbocycles. The molecule has 0 fully saturated rings. The number of carboxylic acids is 1. The highest BCUT2D eigenvalue weighted by molar-refractivity contribution is 7.84. The monoisotopic (exact) mass is 323 g/mol. The average molecular weight is 323 g/mol. The molecule has 0 saturated carbocycles. The third-order valence-corrected chi connectivity index (χ3v) is 4.19. The van der Waals surface area contributed by atoms with Crippen molar-refractivity contribution < 1.29 is 27.3 Å². The van der Waals surface area contributed by atoms with E-state index >= 15 is 0 Å². The van der Waals surface area contributed by atoms with Crippen molar-refractivity contribution in [1.29, 1.82) is 0 Å². The van der Waals surface area contributed by atoms with E-state index in [1.807, 2.05) is 0 Å². The maximum Gasteiger partial charge on any atom is 0.376 e. The lowest BCUT2D eigenvalue weighted by atomic mass is 10.0. The molecule has 118 valence electrons. The van der Waals surface area contributed by atoms with Crippen LogP contribution in [-0.2, 0) is 15.8 Å². The minimum atomic E-state index is -4.20. The van der Waals surface area contributed by atoms with Gasteiger partial charge in [-0.05, 0) is 38.5 Å². The minimum absolute atomic E-state index is 0.165. The van der Waals surface area contributed by atoms with Crippen molar-refractivity contribution in [3.63, 3.8) is 0 Å². The molecule has 0 bridgehead atoms. The molecule has 8 heteroatoms. The van der Waals surface area contributed by atoms with Crippen molar-refractivity contribution in [2.75, 3.05) is 0 Å². The molecule has 0 unspecified atom stereocenters. The molecule has 0 aliphatic carbocycles. The zero-order valence-corrected chi connectivity index (χ0v) is 12.5. The maximum atomic E-state index is 13.9. The summed E-state index contributed by atoms with van der Waals surface area (Å²) in [5.41, 5.74) is -0.165. The van der Waals surface area contributed by atoms with E-state index < -0.39 is 39.5 Å². The highest BCUT2D eigenvalue weighted by Crippen LogP contribution is 2.33. The van der Waals surface area contributed by atoms with Crippen molar-refractivity contribution in [2.24, 2.45) is 0 Å². The summed E-state index contributed by atoms with van der Waals surface area (Å²) in [5, 5.41) is 8.68. The van der Waals surface area contributed by atoms with Crippen LogP contribution in [0.4, 0.5) is 13.2 Å². The smallest absolute Gasteiger partial charge is 0.376 e. The molecule has 0 aromatic heterocycles. The maximum absolute atomic E-state index is 13.9. The first-order chi connectivity index (χ1) is 9.46. The fourth-order valence-electron chi connectivity index (χ4n) is 1.41. The normalized spacial score (nSPS) is 15.5. The Bertz CT molecular complexity index is 541. The Kier molecular flexibility index (Phi) is 5.16. The SMILES string of the molecule is CC(C)(C)[S@@](=O)N[C@H](c1ccc(F)cc1)C(F)(F)C(=O)O. The molecule has 2 atom stereocenters. The third kappa shape index (κ3) is 4.28. The summed E-state index contributed by atoms with van der Waals surface area (Å²) in [7, 11) is -1.92. The van der Waals surface area contributed by atoms with E-state index in [9.17, 15) is 22.2 Å². The first-order valence-electron chi connectivity index (χ1n) is 6.01. The van der Waals surface area contributed by atoms with Crippen LogP contribution in [0.25, 0.3) is 0 Å². The summed E-state index contributed by atoms with van der Waals surface area (Å²) in [5.74, 6) is -7.19. The zero-order valence-electron chi connectivity index (χ0n) is 11.7. The fraction of sp³-hybridized carbons (Fsp3) is 0.462. The molecule has 0 amide bonds. The van der Waals surface area contributed by atoms with Gasteiger partial charge in [0, 0.05) is 0 Å². The lowest BCUT2D eigenvalue weighted by molar-refractivity contribution is -0.168. The number of rotatable bonds is 5. The van der Waals surface area contributed by atoms with Gasteiger partial charge >= 0.3 is 11.9 Å². The Morgan fingerprint density at radius 1 is 1.24 bits per heavy atom. The van der Waals surface area contributed by atoms with Crippen LogP contribution in [0.5, 0.6) is 0 Å². The quantitative estimate of drug-likeness (QED) is 0.875. The molecule has 0 saturated heterocycles. The molecule has 0 radical (unpaired) electrons. The molecule has 0 aliphatic rings. The van der Waals surface area contributed by atoms with Crippen LogP contribution in [0.15, 0.2) is 24.3 Å². The topological polar surface area (TPSA) is 66.4 Å². The van der Waals surface area contributed by atoms with Crippen LogP contribution in [0.3, 0.4) is 0 Å². The highest BCUT2D eigenvalue weighted by atomic mass is 32.2. The van der Waals surface area contributed by atoms with Gasteiger partial charge in [0.15, 0.2) is 0 Å². The van der Waals surface area contributed by atoms with E-state index in [0.29, 0.717) is 0 Å². The lowest BCUT2D eigenvalue weighted by Crippen LogP contribution is -2.47. The van der Waals surface area contributed by atoms with Crippen LogP contribution < -0.4 is 4.72 Å². The Morgan fingerprint density at radius 2 is 1.71 bits per heavy atom. The van der Waals surface area contributed by atoms with Gasteiger partial charge in [-0.2, -0.15) is 8.78 Å². The summed E-state index contributed by atoms with van der Waals surface area (Å²) < 4.78 is 53.8. The van der Waals surface area contributed by atoms with Crippen LogP contribution in [0.1, 0.15) is 32.4 Å². The number of hydrogen-bond donors (Lipinski definition) is 2.